The van der Waals surface area contributed by atoms with Crippen molar-refractivity contribution in [2.45, 2.75) is 0 Å². The van der Waals surface area contributed by atoms with Crippen molar-refractivity contribution < 1.29 is 28.5 Å². The molecule has 3 aromatic carbocycles. The van der Waals surface area contributed by atoms with Crippen molar-refractivity contribution in [1.29, 1.82) is 0 Å². The van der Waals surface area contributed by atoms with E-state index in [2.05, 4.69) is 4.98 Å². The number of hydrogen-bond donors (Lipinski definition) is 1. The van der Waals surface area contributed by atoms with E-state index < -0.39 is 0 Å². The molecule has 1 N–H and O–H groups in total. The maximum atomic E-state index is 13.9. The first-order valence-corrected chi connectivity index (χ1v) is 10.2. The second-order valence-electron chi connectivity index (χ2n) is 7.26. The van der Waals surface area contributed by atoms with Crippen molar-refractivity contribution in [2.75, 3.05) is 35.5 Å². The first kappa shape index (κ1) is 22.1. The van der Waals surface area contributed by atoms with Crippen LogP contribution in [0.1, 0.15) is 15.9 Å². The molecule has 0 spiro atoms. The van der Waals surface area contributed by atoms with Gasteiger partial charge in [-0.2, -0.15) is 0 Å². The van der Waals surface area contributed by atoms with Crippen LogP contribution in [0.3, 0.4) is 0 Å². The van der Waals surface area contributed by atoms with Crippen molar-refractivity contribution in [3.05, 3.63) is 65.7 Å². The molecule has 7 heteroatoms. The number of ketones is 1. The molecule has 0 unspecified atom stereocenters. The number of rotatable bonds is 8. The fourth-order valence-corrected chi connectivity index (χ4v) is 3.87. The summed E-state index contributed by atoms with van der Waals surface area (Å²) in [6.45, 7) is 0. The summed E-state index contributed by atoms with van der Waals surface area (Å²) in [6.07, 6.45) is 0. The number of carbonyl (C=O) groups excluding carboxylic acids is 1. The number of benzene rings is 3. The monoisotopic (exact) mass is 447 g/mol. The number of aromatic nitrogens is 1. The number of fused-ring (bicyclic) bond motifs is 1. The Morgan fingerprint density at radius 3 is 1.85 bits per heavy atom. The molecule has 0 atom stereocenters. The average molecular weight is 447 g/mol. The van der Waals surface area contributed by atoms with Gasteiger partial charge in [-0.1, -0.05) is 0 Å². The van der Waals surface area contributed by atoms with Gasteiger partial charge in [0.15, 0.2) is 17.3 Å². The van der Waals surface area contributed by atoms with E-state index in [1.807, 2.05) is 42.5 Å². The van der Waals surface area contributed by atoms with Crippen molar-refractivity contribution >= 4 is 16.7 Å². The van der Waals surface area contributed by atoms with Gasteiger partial charge >= 0.3 is 0 Å². The first-order chi connectivity index (χ1) is 16.0. The molecule has 0 radical (unpaired) electrons. The lowest BCUT2D eigenvalue weighted by Gasteiger charge is -2.14. The van der Waals surface area contributed by atoms with Gasteiger partial charge in [0.05, 0.1) is 52.3 Å². The molecule has 0 aliphatic heterocycles. The summed E-state index contributed by atoms with van der Waals surface area (Å²) in [5.41, 5.74) is 3.28. The van der Waals surface area contributed by atoms with E-state index in [4.69, 9.17) is 23.7 Å². The number of hydrogen-bond acceptors (Lipinski definition) is 6. The number of nitrogens with one attached hydrogen (secondary N) is 1. The molecule has 0 saturated heterocycles. The Morgan fingerprint density at radius 1 is 0.697 bits per heavy atom. The van der Waals surface area contributed by atoms with Crippen molar-refractivity contribution in [3.8, 4) is 40.0 Å². The zero-order chi connectivity index (χ0) is 23.5. The summed E-state index contributed by atoms with van der Waals surface area (Å²) in [6, 6.07) is 16.4. The van der Waals surface area contributed by atoms with E-state index in [1.54, 1.807) is 26.4 Å². The minimum Gasteiger partial charge on any atom is -0.497 e. The molecule has 0 aliphatic carbocycles. The smallest absolute Gasteiger partial charge is 0.203 e. The largest absolute Gasteiger partial charge is 0.497 e. The molecule has 0 bridgehead atoms. The van der Waals surface area contributed by atoms with E-state index in [1.165, 1.54) is 21.3 Å². The Morgan fingerprint density at radius 2 is 1.30 bits per heavy atom. The molecule has 0 saturated carbocycles. The van der Waals surface area contributed by atoms with Crippen LogP contribution in [0.15, 0.2) is 54.6 Å². The van der Waals surface area contributed by atoms with Crippen LogP contribution in [0.2, 0.25) is 0 Å². The van der Waals surface area contributed by atoms with Crippen molar-refractivity contribution in [2.24, 2.45) is 0 Å². The van der Waals surface area contributed by atoms with E-state index in [-0.39, 0.29) is 5.78 Å². The molecular weight excluding hydrogens is 422 g/mol. The number of methoxy groups -OCH3 is 5. The standard InChI is InChI=1S/C26H25NO6/c1-29-17-8-6-15(7-9-17)24-23(19-11-10-18(30-2)14-20(19)27-24)25(28)16-12-21(31-3)26(33-5)22(13-16)32-4/h6-14,27H,1-5H3. The lowest BCUT2D eigenvalue weighted by molar-refractivity contribution is 0.104. The van der Waals surface area contributed by atoms with Gasteiger partial charge in [-0.15, -0.1) is 0 Å². The van der Waals surface area contributed by atoms with Gasteiger partial charge in [-0.05, 0) is 54.1 Å². The summed E-state index contributed by atoms with van der Waals surface area (Å²) in [5, 5.41) is 0.778. The molecule has 4 rings (SSSR count). The fourth-order valence-electron chi connectivity index (χ4n) is 3.87. The quantitative estimate of drug-likeness (QED) is 0.378. The molecule has 33 heavy (non-hydrogen) atoms. The van der Waals surface area contributed by atoms with E-state index >= 15 is 0 Å². The number of H-pyrrole nitrogens is 1. The number of aromatic amines is 1. The van der Waals surface area contributed by atoms with Crippen LogP contribution in [0, 0.1) is 0 Å². The first-order valence-electron chi connectivity index (χ1n) is 10.2. The Hall–Kier alpha value is -4.13. The molecule has 7 nitrogen and oxygen atoms in total. The van der Waals surface area contributed by atoms with E-state index in [9.17, 15) is 4.79 Å². The van der Waals surface area contributed by atoms with Crippen LogP contribution < -0.4 is 23.7 Å². The maximum absolute atomic E-state index is 13.9. The average Bonchev–Trinajstić information content (AvgIpc) is 3.25. The summed E-state index contributed by atoms with van der Waals surface area (Å²) in [4.78, 5) is 17.3. The van der Waals surface area contributed by atoms with Crippen LogP contribution in [0.5, 0.6) is 28.7 Å². The molecule has 0 amide bonds. The summed E-state index contributed by atoms with van der Waals surface area (Å²) in [5.74, 6) is 2.48. The number of ether oxygens (including phenoxy) is 5. The van der Waals surface area contributed by atoms with Crippen LogP contribution >= 0.6 is 0 Å². The van der Waals surface area contributed by atoms with Crippen LogP contribution in [0.25, 0.3) is 22.2 Å². The minimum absolute atomic E-state index is 0.184. The second-order valence-corrected chi connectivity index (χ2v) is 7.26. The third-order valence-electron chi connectivity index (χ3n) is 5.54. The zero-order valence-electron chi connectivity index (χ0n) is 19.1. The Balaban J connectivity index is 1.94. The molecule has 170 valence electrons. The Kier molecular flexibility index (Phi) is 6.13. The van der Waals surface area contributed by atoms with Gasteiger partial charge in [-0.25, -0.2) is 0 Å². The highest BCUT2D eigenvalue weighted by Crippen LogP contribution is 2.40. The lowest BCUT2D eigenvalue weighted by Crippen LogP contribution is -2.05. The Labute approximate surface area is 191 Å². The third-order valence-corrected chi connectivity index (χ3v) is 5.54. The van der Waals surface area contributed by atoms with Gasteiger partial charge in [-0.3, -0.25) is 4.79 Å². The molecule has 0 aliphatic rings. The number of carbonyl (C=O) groups is 1. The van der Waals surface area contributed by atoms with E-state index in [0.717, 1.165) is 22.2 Å². The lowest BCUT2D eigenvalue weighted by atomic mass is 9.96. The third kappa shape index (κ3) is 3.93. The SMILES string of the molecule is COc1ccc(-c2[nH]c3cc(OC)ccc3c2C(=O)c2cc(OC)c(OC)c(OC)c2)cc1. The Bertz CT molecular complexity index is 1280. The predicted octanol–water partition coefficient (Wildman–Crippen LogP) is 5.11. The highest BCUT2D eigenvalue weighted by Gasteiger charge is 2.24. The topological polar surface area (TPSA) is 79.0 Å². The van der Waals surface area contributed by atoms with Gasteiger partial charge in [0, 0.05) is 17.0 Å². The summed E-state index contributed by atoms with van der Waals surface area (Å²) in [7, 11) is 7.79. The van der Waals surface area contributed by atoms with Crippen LogP contribution in [-0.2, 0) is 0 Å². The predicted molar refractivity (Wildman–Crippen MR) is 126 cm³/mol. The molecule has 1 heterocycles. The van der Waals surface area contributed by atoms with Crippen LogP contribution in [-0.4, -0.2) is 46.3 Å². The van der Waals surface area contributed by atoms with E-state index in [0.29, 0.717) is 39.8 Å². The maximum Gasteiger partial charge on any atom is 0.203 e. The summed E-state index contributed by atoms with van der Waals surface area (Å²) < 4.78 is 27.0. The normalized spacial score (nSPS) is 10.7. The highest BCUT2D eigenvalue weighted by molar-refractivity contribution is 6.20. The zero-order valence-corrected chi connectivity index (χ0v) is 19.1. The minimum atomic E-state index is -0.184. The molecule has 4 aromatic rings. The second kappa shape index (κ2) is 9.16. The fraction of sp³-hybridized carbons (Fsp3) is 0.192. The van der Waals surface area contributed by atoms with Gasteiger partial charge in [0.25, 0.3) is 0 Å². The summed E-state index contributed by atoms with van der Waals surface area (Å²) >= 11 is 0. The molecule has 0 fully saturated rings. The highest BCUT2D eigenvalue weighted by atomic mass is 16.5. The van der Waals surface area contributed by atoms with Gasteiger partial charge in [0.2, 0.25) is 5.75 Å². The van der Waals surface area contributed by atoms with Crippen LogP contribution in [0.4, 0.5) is 0 Å². The van der Waals surface area contributed by atoms with Crippen molar-refractivity contribution in [1.82, 2.24) is 4.98 Å². The molecule has 1 aromatic heterocycles. The molecular formula is C26H25NO6. The van der Waals surface area contributed by atoms with Gasteiger partial charge < -0.3 is 28.7 Å². The van der Waals surface area contributed by atoms with Crippen molar-refractivity contribution in [3.63, 3.8) is 0 Å². The van der Waals surface area contributed by atoms with Gasteiger partial charge in [0.1, 0.15) is 11.5 Å².